The lowest BCUT2D eigenvalue weighted by molar-refractivity contribution is -0.126. The number of nitrogens with one attached hydrogen (secondary N) is 2. The molecular formula is C18H24N4O2. The van der Waals surface area contributed by atoms with Crippen molar-refractivity contribution in [2.24, 2.45) is 5.92 Å². The van der Waals surface area contributed by atoms with Crippen LogP contribution in [0.25, 0.3) is 11.1 Å². The summed E-state index contributed by atoms with van der Waals surface area (Å²) in [6.45, 7) is 3.59. The largest absolute Gasteiger partial charge is 0.423 e. The predicted molar refractivity (Wildman–Crippen MR) is 93.0 cm³/mol. The molecule has 1 amide bonds. The molecule has 128 valence electrons. The molecule has 6 nitrogen and oxygen atoms in total. The van der Waals surface area contributed by atoms with Gasteiger partial charge in [-0.15, -0.1) is 0 Å². The van der Waals surface area contributed by atoms with E-state index in [0.717, 1.165) is 63.0 Å². The van der Waals surface area contributed by atoms with Crippen LogP contribution in [0.2, 0.25) is 0 Å². The Morgan fingerprint density at radius 3 is 2.83 bits per heavy atom. The lowest BCUT2D eigenvalue weighted by atomic mass is 9.95. The van der Waals surface area contributed by atoms with Crippen LogP contribution in [0, 0.1) is 5.92 Å². The fourth-order valence-electron chi connectivity index (χ4n) is 3.62. The predicted octanol–water partition coefficient (Wildman–Crippen LogP) is 1.91. The van der Waals surface area contributed by atoms with E-state index in [1.807, 2.05) is 24.3 Å². The average molecular weight is 328 g/mol. The van der Waals surface area contributed by atoms with Crippen molar-refractivity contribution in [3.63, 3.8) is 0 Å². The van der Waals surface area contributed by atoms with Crippen molar-refractivity contribution in [1.29, 1.82) is 0 Å². The summed E-state index contributed by atoms with van der Waals surface area (Å²) >= 11 is 0. The number of aromatic nitrogens is 1. The average Bonchev–Trinajstić information content (AvgIpc) is 3.07. The number of carbonyl (C=O) groups excluding carboxylic acids is 1. The maximum Gasteiger partial charge on any atom is 0.298 e. The fraction of sp³-hybridized carbons (Fsp3) is 0.556. The highest BCUT2D eigenvalue weighted by molar-refractivity contribution is 5.79. The third-order valence-electron chi connectivity index (χ3n) is 5.06. The van der Waals surface area contributed by atoms with Crippen LogP contribution in [-0.4, -0.2) is 43.1 Å². The number of oxazole rings is 1. The van der Waals surface area contributed by atoms with Crippen molar-refractivity contribution in [3.8, 4) is 0 Å². The lowest BCUT2D eigenvalue weighted by Gasteiger charge is -2.32. The fourth-order valence-corrected chi connectivity index (χ4v) is 3.62. The molecule has 2 fully saturated rings. The molecule has 2 aliphatic heterocycles. The van der Waals surface area contributed by atoms with Crippen LogP contribution in [0.1, 0.15) is 25.7 Å². The van der Waals surface area contributed by atoms with E-state index in [2.05, 4.69) is 20.5 Å². The molecule has 4 rings (SSSR count). The summed E-state index contributed by atoms with van der Waals surface area (Å²) in [7, 11) is 0. The van der Waals surface area contributed by atoms with Gasteiger partial charge in [0.15, 0.2) is 5.58 Å². The van der Waals surface area contributed by atoms with Gasteiger partial charge in [-0.3, -0.25) is 4.79 Å². The highest BCUT2D eigenvalue weighted by Crippen LogP contribution is 2.26. The Labute approximate surface area is 141 Å². The van der Waals surface area contributed by atoms with Crippen LogP contribution in [-0.2, 0) is 4.79 Å². The molecule has 0 saturated carbocycles. The Kier molecular flexibility index (Phi) is 4.38. The van der Waals surface area contributed by atoms with Gasteiger partial charge >= 0.3 is 0 Å². The molecule has 1 aromatic carbocycles. The van der Waals surface area contributed by atoms with Gasteiger partial charge in [0.2, 0.25) is 5.91 Å². The number of fused-ring (bicyclic) bond motifs is 1. The van der Waals surface area contributed by atoms with Gasteiger partial charge in [0.25, 0.3) is 6.01 Å². The van der Waals surface area contributed by atoms with Crippen molar-refractivity contribution >= 4 is 23.0 Å². The number of hydrogen-bond donors (Lipinski definition) is 2. The van der Waals surface area contributed by atoms with Crippen LogP contribution in [0.3, 0.4) is 0 Å². The SMILES string of the molecule is O=C(N[C@H]1CCCNC1)C1CCN(c2nc3ccccc3o2)CC1. The second-order valence-corrected chi connectivity index (χ2v) is 6.78. The number of hydrogen-bond acceptors (Lipinski definition) is 5. The molecular weight excluding hydrogens is 304 g/mol. The van der Waals surface area contributed by atoms with E-state index in [9.17, 15) is 4.79 Å². The molecule has 0 spiro atoms. The zero-order valence-corrected chi connectivity index (χ0v) is 13.8. The molecule has 2 saturated heterocycles. The van der Waals surface area contributed by atoms with E-state index in [0.29, 0.717) is 12.1 Å². The Hall–Kier alpha value is -2.08. The number of benzene rings is 1. The summed E-state index contributed by atoms with van der Waals surface area (Å²) in [4.78, 5) is 19.1. The number of nitrogens with zero attached hydrogens (tertiary/aromatic N) is 2. The maximum atomic E-state index is 12.5. The van der Waals surface area contributed by atoms with Gasteiger partial charge in [0, 0.05) is 31.6 Å². The lowest BCUT2D eigenvalue weighted by Crippen LogP contribution is -2.49. The standard InChI is InChI=1S/C18H24N4O2/c23-17(20-14-4-3-9-19-12-14)13-7-10-22(11-8-13)18-21-15-5-1-2-6-16(15)24-18/h1-2,5-6,13-14,19H,3-4,7-12H2,(H,20,23)/t14-/m0/s1. The number of amides is 1. The Balaban J connectivity index is 1.33. The second kappa shape index (κ2) is 6.81. The molecule has 1 aromatic heterocycles. The van der Waals surface area contributed by atoms with Gasteiger partial charge in [-0.05, 0) is 44.4 Å². The molecule has 0 radical (unpaired) electrons. The van der Waals surface area contributed by atoms with Gasteiger partial charge in [-0.25, -0.2) is 0 Å². The first kappa shape index (κ1) is 15.4. The van der Waals surface area contributed by atoms with E-state index in [4.69, 9.17) is 4.42 Å². The van der Waals surface area contributed by atoms with Crippen molar-refractivity contribution in [3.05, 3.63) is 24.3 Å². The molecule has 1 atom stereocenters. The Morgan fingerprint density at radius 1 is 1.25 bits per heavy atom. The molecule has 6 heteroatoms. The minimum Gasteiger partial charge on any atom is -0.423 e. The van der Waals surface area contributed by atoms with Gasteiger partial charge in [0.1, 0.15) is 5.52 Å². The second-order valence-electron chi connectivity index (χ2n) is 6.78. The van der Waals surface area contributed by atoms with Crippen molar-refractivity contribution in [1.82, 2.24) is 15.6 Å². The zero-order chi connectivity index (χ0) is 16.4. The number of para-hydroxylation sites is 2. The van der Waals surface area contributed by atoms with Gasteiger partial charge in [-0.1, -0.05) is 12.1 Å². The maximum absolute atomic E-state index is 12.5. The number of rotatable bonds is 3. The number of piperidine rings is 2. The first-order valence-electron chi connectivity index (χ1n) is 8.91. The number of carbonyl (C=O) groups is 1. The van der Waals surface area contributed by atoms with E-state index < -0.39 is 0 Å². The Bertz CT molecular complexity index is 667. The van der Waals surface area contributed by atoms with E-state index >= 15 is 0 Å². The summed E-state index contributed by atoms with van der Waals surface area (Å²) in [5, 5.41) is 6.55. The summed E-state index contributed by atoms with van der Waals surface area (Å²) < 4.78 is 5.83. The van der Waals surface area contributed by atoms with Crippen LogP contribution in [0.4, 0.5) is 6.01 Å². The monoisotopic (exact) mass is 328 g/mol. The van der Waals surface area contributed by atoms with E-state index in [1.165, 1.54) is 0 Å². The van der Waals surface area contributed by atoms with Crippen molar-refractivity contribution in [2.75, 3.05) is 31.1 Å². The first-order valence-corrected chi connectivity index (χ1v) is 8.91. The Morgan fingerprint density at radius 2 is 2.08 bits per heavy atom. The minimum atomic E-state index is 0.104. The van der Waals surface area contributed by atoms with Crippen LogP contribution >= 0.6 is 0 Å². The zero-order valence-electron chi connectivity index (χ0n) is 13.8. The molecule has 0 bridgehead atoms. The highest BCUT2D eigenvalue weighted by atomic mass is 16.4. The van der Waals surface area contributed by atoms with Gasteiger partial charge in [-0.2, -0.15) is 4.98 Å². The summed E-state index contributed by atoms with van der Waals surface area (Å²) in [5.41, 5.74) is 1.70. The summed E-state index contributed by atoms with van der Waals surface area (Å²) in [5.74, 6) is 0.313. The van der Waals surface area contributed by atoms with E-state index in [1.54, 1.807) is 0 Å². The van der Waals surface area contributed by atoms with Gasteiger partial charge in [0.05, 0.1) is 0 Å². The van der Waals surface area contributed by atoms with E-state index in [-0.39, 0.29) is 11.8 Å². The smallest absolute Gasteiger partial charge is 0.298 e. The highest BCUT2D eigenvalue weighted by Gasteiger charge is 2.28. The molecule has 2 aliphatic rings. The quantitative estimate of drug-likeness (QED) is 0.901. The molecule has 0 unspecified atom stereocenters. The van der Waals surface area contributed by atoms with Gasteiger partial charge < -0.3 is 20.0 Å². The first-order chi connectivity index (χ1) is 11.8. The molecule has 2 aromatic rings. The molecule has 24 heavy (non-hydrogen) atoms. The molecule has 2 N–H and O–H groups in total. The van der Waals surface area contributed by atoms with Crippen LogP contribution in [0.5, 0.6) is 0 Å². The van der Waals surface area contributed by atoms with Crippen molar-refractivity contribution < 1.29 is 9.21 Å². The topological polar surface area (TPSA) is 70.4 Å². The molecule has 0 aliphatic carbocycles. The van der Waals surface area contributed by atoms with Crippen molar-refractivity contribution in [2.45, 2.75) is 31.7 Å². The summed E-state index contributed by atoms with van der Waals surface area (Å²) in [6, 6.07) is 8.78. The minimum absolute atomic E-state index is 0.104. The van der Waals surface area contributed by atoms with Crippen LogP contribution in [0.15, 0.2) is 28.7 Å². The normalized spacial score (nSPS) is 22.7. The summed E-state index contributed by atoms with van der Waals surface area (Å²) in [6.07, 6.45) is 3.93. The third kappa shape index (κ3) is 3.24. The third-order valence-corrected chi connectivity index (χ3v) is 5.06. The van der Waals surface area contributed by atoms with Crippen LogP contribution < -0.4 is 15.5 Å². The molecule has 3 heterocycles. The number of anilines is 1.